The van der Waals surface area contributed by atoms with Gasteiger partial charge in [0.15, 0.2) is 0 Å². The first-order chi connectivity index (χ1) is 11.5. The van der Waals surface area contributed by atoms with Crippen molar-refractivity contribution in [3.8, 4) is 11.1 Å². The molecule has 0 aliphatic rings. The molecule has 0 saturated heterocycles. The largest absolute Gasteiger partial charge is 0.378 e. The second-order valence-electron chi connectivity index (χ2n) is 6.35. The molecule has 1 atom stereocenters. The summed E-state index contributed by atoms with van der Waals surface area (Å²) >= 11 is 0. The third-order valence-electron chi connectivity index (χ3n) is 4.38. The fourth-order valence-corrected chi connectivity index (χ4v) is 2.81. The number of rotatable bonds is 4. The Hall–Kier alpha value is -2.59. The highest BCUT2D eigenvalue weighted by molar-refractivity contribution is 5.62. The van der Waals surface area contributed by atoms with Crippen LogP contribution in [0.2, 0.25) is 0 Å². The molecule has 2 aromatic heterocycles. The van der Waals surface area contributed by atoms with Crippen LogP contribution in [0.15, 0.2) is 61.3 Å². The van der Waals surface area contributed by atoms with Crippen molar-refractivity contribution in [2.45, 2.75) is 26.4 Å². The molecular weight excluding hydrogens is 298 g/mol. The molecule has 122 valence electrons. The Balaban J connectivity index is 2.00. The molecule has 4 nitrogen and oxygen atoms in total. The van der Waals surface area contributed by atoms with E-state index in [0.717, 1.165) is 11.1 Å². The maximum Gasteiger partial charge on any atom is 0.137 e. The number of nitrogens with zero attached hydrogens (tertiary/aromatic N) is 3. The molecule has 24 heavy (non-hydrogen) atoms. The molecule has 3 aromatic rings. The predicted octanol–water partition coefficient (Wildman–Crippen LogP) is 3.74. The molecule has 0 bridgehead atoms. The molecular formula is C20H21N3O. The van der Waals surface area contributed by atoms with Crippen molar-refractivity contribution in [1.29, 1.82) is 0 Å². The molecule has 3 rings (SSSR count). The molecule has 0 saturated carbocycles. The number of benzene rings is 1. The van der Waals surface area contributed by atoms with Gasteiger partial charge in [0.2, 0.25) is 0 Å². The van der Waals surface area contributed by atoms with E-state index in [4.69, 9.17) is 0 Å². The van der Waals surface area contributed by atoms with E-state index in [0.29, 0.717) is 11.3 Å². The van der Waals surface area contributed by atoms with Gasteiger partial charge in [-0.1, -0.05) is 49.7 Å². The molecule has 0 aliphatic carbocycles. The van der Waals surface area contributed by atoms with Crippen LogP contribution in [0, 0.1) is 12.8 Å². The summed E-state index contributed by atoms with van der Waals surface area (Å²) in [6.45, 7) is 5.99. The number of aliphatic hydroxyl groups is 1. The van der Waals surface area contributed by atoms with Gasteiger partial charge in [0.05, 0.1) is 5.69 Å². The molecule has 1 aromatic carbocycles. The Morgan fingerprint density at radius 3 is 2.04 bits per heavy atom. The van der Waals surface area contributed by atoms with Crippen LogP contribution in [0.25, 0.3) is 11.1 Å². The molecule has 4 heteroatoms. The molecule has 0 amide bonds. The van der Waals surface area contributed by atoms with Gasteiger partial charge in [0.25, 0.3) is 0 Å². The molecule has 1 unspecified atom stereocenters. The van der Waals surface area contributed by atoms with E-state index in [2.05, 4.69) is 46.1 Å². The smallest absolute Gasteiger partial charge is 0.137 e. The van der Waals surface area contributed by atoms with Crippen molar-refractivity contribution in [2.24, 2.45) is 5.92 Å². The zero-order valence-corrected chi connectivity index (χ0v) is 14.1. The summed E-state index contributed by atoms with van der Waals surface area (Å²) < 4.78 is 0. The van der Waals surface area contributed by atoms with Crippen molar-refractivity contribution in [1.82, 2.24) is 15.0 Å². The van der Waals surface area contributed by atoms with Gasteiger partial charge in [-0.05, 0) is 24.5 Å². The predicted molar refractivity (Wildman–Crippen MR) is 94.3 cm³/mol. The third kappa shape index (κ3) is 2.93. The summed E-state index contributed by atoms with van der Waals surface area (Å²) in [6, 6.07) is 12.2. The topological polar surface area (TPSA) is 58.9 Å². The maximum absolute atomic E-state index is 11.3. The summed E-state index contributed by atoms with van der Waals surface area (Å²) in [5.41, 5.74) is 3.39. The summed E-state index contributed by atoms with van der Waals surface area (Å²) in [6.07, 6.45) is 6.54. The van der Waals surface area contributed by atoms with Gasteiger partial charge in [-0.2, -0.15) is 0 Å². The molecule has 2 heterocycles. The molecule has 0 fully saturated rings. The van der Waals surface area contributed by atoms with Crippen LogP contribution < -0.4 is 0 Å². The lowest BCUT2D eigenvalue weighted by molar-refractivity contribution is 0.0269. The first kappa shape index (κ1) is 16.3. The lowest BCUT2D eigenvalue weighted by atomic mass is 9.81. The highest BCUT2D eigenvalue weighted by Crippen LogP contribution is 2.35. The maximum atomic E-state index is 11.3. The normalized spacial score (nSPS) is 13.7. The first-order valence-corrected chi connectivity index (χ1v) is 8.03. The van der Waals surface area contributed by atoms with E-state index < -0.39 is 5.60 Å². The quantitative estimate of drug-likeness (QED) is 0.796. The number of hydrogen-bond acceptors (Lipinski definition) is 4. The summed E-state index contributed by atoms with van der Waals surface area (Å²) in [5, 5.41) is 11.3. The molecule has 0 aliphatic heterocycles. The van der Waals surface area contributed by atoms with Gasteiger partial charge in [0, 0.05) is 29.7 Å². The van der Waals surface area contributed by atoms with Gasteiger partial charge in [-0.3, -0.25) is 4.98 Å². The van der Waals surface area contributed by atoms with Crippen LogP contribution in [-0.2, 0) is 5.60 Å². The Morgan fingerprint density at radius 2 is 1.50 bits per heavy atom. The van der Waals surface area contributed by atoms with E-state index in [1.54, 1.807) is 18.6 Å². The summed E-state index contributed by atoms with van der Waals surface area (Å²) in [4.78, 5) is 12.6. The van der Waals surface area contributed by atoms with Crippen molar-refractivity contribution in [2.75, 3.05) is 0 Å². The van der Waals surface area contributed by atoms with Gasteiger partial charge < -0.3 is 5.11 Å². The van der Waals surface area contributed by atoms with E-state index in [1.807, 2.05) is 26.0 Å². The van der Waals surface area contributed by atoms with Gasteiger partial charge in [0.1, 0.15) is 11.9 Å². The van der Waals surface area contributed by atoms with Crippen molar-refractivity contribution in [3.63, 3.8) is 0 Å². The second-order valence-corrected chi connectivity index (χ2v) is 6.35. The van der Waals surface area contributed by atoms with Gasteiger partial charge in [-0.25, -0.2) is 9.97 Å². The number of aryl methyl sites for hydroxylation is 1. The van der Waals surface area contributed by atoms with Crippen LogP contribution >= 0.6 is 0 Å². The average molecular weight is 319 g/mol. The summed E-state index contributed by atoms with van der Waals surface area (Å²) in [7, 11) is 0. The van der Waals surface area contributed by atoms with Crippen molar-refractivity contribution in [3.05, 3.63) is 78.1 Å². The highest BCUT2D eigenvalue weighted by Gasteiger charge is 2.37. The van der Waals surface area contributed by atoms with Gasteiger partial charge >= 0.3 is 0 Å². The minimum Gasteiger partial charge on any atom is -0.378 e. The SMILES string of the molecule is Cc1ccc(-c2ccc(C(O)(c3cncnc3)C(C)C)nc2)cc1. The fourth-order valence-electron chi connectivity index (χ4n) is 2.81. The standard InChI is InChI=1S/C20H21N3O/c1-14(2)20(24,18-11-21-13-22-12-18)19-9-8-17(10-23-19)16-6-4-15(3)5-7-16/h4-14,24H,1-3H3. The minimum absolute atomic E-state index is 0.0683. The number of pyridine rings is 1. The lowest BCUT2D eigenvalue weighted by Gasteiger charge is -2.31. The van der Waals surface area contributed by atoms with E-state index in [9.17, 15) is 5.11 Å². The Bertz CT molecular complexity index is 799. The zero-order valence-electron chi connectivity index (χ0n) is 14.1. The lowest BCUT2D eigenvalue weighted by Crippen LogP contribution is -2.34. The van der Waals surface area contributed by atoms with Crippen LogP contribution in [-0.4, -0.2) is 20.1 Å². The van der Waals surface area contributed by atoms with Crippen molar-refractivity contribution < 1.29 is 5.11 Å². The Kier molecular flexibility index (Phi) is 4.40. The van der Waals surface area contributed by atoms with Crippen LogP contribution in [0.3, 0.4) is 0 Å². The number of aromatic nitrogens is 3. The molecule has 0 spiro atoms. The molecule has 1 N–H and O–H groups in total. The van der Waals surface area contributed by atoms with Crippen LogP contribution in [0.4, 0.5) is 0 Å². The monoisotopic (exact) mass is 319 g/mol. The highest BCUT2D eigenvalue weighted by atomic mass is 16.3. The summed E-state index contributed by atoms with van der Waals surface area (Å²) in [5.74, 6) is -0.0683. The Labute approximate surface area is 142 Å². The Morgan fingerprint density at radius 1 is 0.875 bits per heavy atom. The first-order valence-electron chi connectivity index (χ1n) is 8.03. The fraction of sp³-hybridized carbons (Fsp3) is 0.250. The minimum atomic E-state index is -1.22. The van der Waals surface area contributed by atoms with Crippen LogP contribution in [0.1, 0.15) is 30.7 Å². The van der Waals surface area contributed by atoms with Crippen LogP contribution in [0.5, 0.6) is 0 Å². The second kappa shape index (κ2) is 6.49. The zero-order chi connectivity index (χ0) is 17.2. The average Bonchev–Trinajstić information content (AvgIpc) is 2.62. The van der Waals surface area contributed by atoms with E-state index in [1.165, 1.54) is 11.9 Å². The molecule has 0 radical (unpaired) electrons. The van der Waals surface area contributed by atoms with Crippen molar-refractivity contribution >= 4 is 0 Å². The number of hydrogen-bond donors (Lipinski definition) is 1. The van der Waals surface area contributed by atoms with E-state index in [-0.39, 0.29) is 5.92 Å². The third-order valence-corrected chi connectivity index (χ3v) is 4.38. The van der Waals surface area contributed by atoms with E-state index >= 15 is 0 Å². The van der Waals surface area contributed by atoms with Gasteiger partial charge in [-0.15, -0.1) is 0 Å².